The number of fused-ring (bicyclic) bond motifs is 17. The van der Waals surface area contributed by atoms with Gasteiger partial charge >= 0.3 is 0 Å². The van der Waals surface area contributed by atoms with Crippen LogP contribution >= 0.6 is 0 Å². The molecule has 20 heteroatoms. The van der Waals surface area contributed by atoms with E-state index in [4.69, 9.17) is 38.5 Å². The first kappa shape index (κ1) is 63.7. The van der Waals surface area contributed by atoms with Gasteiger partial charge in [-0.3, -0.25) is 0 Å². The Bertz CT molecular complexity index is 7060. The Hall–Kier alpha value is -13.5. The van der Waals surface area contributed by atoms with Gasteiger partial charge in [-0.25, -0.2) is 24.9 Å². The lowest BCUT2D eigenvalue weighted by atomic mass is 10.1. The van der Waals surface area contributed by atoms with Crippen molar-refractivity contribution >= 4 is 162 Å². The van der Waals surface area contributed by atoms with E-state index in [1.807, 2.05) is 230 Å². The van der Waals surface area contributed by atoms with Crippen molar-refractivity contribution in [3.63, 3.8) is 0 Å². The number of aryl methyl sites for hydroxylation is 5. The quantitative estimate of drug-likeness (QED) is 0.141. The molecule has 0 N–H and O–H groups in total. The third-order valence-corrected chi connectivity index (χ3v) is 23.5. The van der Waals surface area contributed by atoms with E-state index in [1.165, 1.54) is 16.7 Å². The summed E-state index contributed by atoms with van der Waals surface area (Å²) in [6, 6.07) is 52.9. The van der Waals surface area contributed by atoms with Crippen LogP contribution in [0.25, 0.3) is 110 Å². The van der Waals surface area contributed by atoms with Crippen molar-refractivity contribution in [2.24, 2.45) is 0 Å². The fraction of sp³-hybridized carbons (Fsp3) is 0.263. The van der Waals surface area contributed by atoms with Crippen LogP contribution in [0.4, 0.5) is 51.2 Å². The number of rotatable bonds is 8. The van der Waals surface area contributed by atoms with Crippen LogP contribution in [-0.4, -0.2) is 102 Å². The Balaban J connectivity index is 0.000000110. The van der Waals surface area contributed by atoms with Gasteiger partial charge in [0, 0.05) is 166 Å². The van der Waals surface area contributed by atoms with Crippen molar-refractivity contribution in [3.8, 4) is 0 Å². The molecule has 0 fully saturated rings. The molecule has 0 bridgehead atoms. The number of anilines is 9. The fourth-order valence-corrected chi connectivity index (χ4v) is 17.6. The Morgan fingerprint density at radius 2 is 0.622 bits per heavy atom. The zero-order valence-electron chi connectivity index (χ0n) is 81.2. The van der Waals surface area contributed by atoms with Gasteiger partial charge in [-0.1, -0.05) is 84.9 Å². The van der Waals surface area contributed by atoms with Gasteiger partial charge in [0.15, 0.2) is 27.9 Å². The van der Waals surface area contributed by atoms with E-state index >= 15 is 0 Å². The summed E-state index contributed by atoms with van der Waals surface area (Å²) in [7, 11) is 0. The monoisotopic (exact) mass is 1590 g/mol. The molecule has 5 aliphatic rings. The summed E-state index contributed by atoms with van der Waals surface area (Å²) in [6.07, 6.45) is 18.5. The zero-order valence-corrected chi connectivity index (χ0v) is 69.2. The highest BCUT2D eigenvalue weighted by atomic mass is 16.4. The lowest BCUT2D eigenvalue weighted by molar-refractivity contribution is 0.263. The molecule has 0 spiro atoms. The largest absolute Gasteiger partial charge is 0.435 e. The molecule has 10 aromatic heterocycles. The maximum atomic E-state index is 8.71. The number of pyridine rings is 5. The van der Waals surface area contributed by atoms with Crippen LogP contribution in [0.5, 0.6) is 0 Å². The van der Waals surface area contributed by atoms with E-state index < -0.39 is 45.0 Å². The predicted molar refractivity (Wildman–Crippen MR) is 488 cm³/mol. The fourth-order valence-electron chi connectivity index (χ4n) is 17.6. The van der Waals surface area contributed by atoms with Crippen molar-refractivity contribution in [3.05, 3.63) is 266 Å². The second kappa shape index (κ2) is 30.5. The van der Waals surface area contributed by atoms with Gasteiger partial charge in [0.1, 0.15) is 30.8 Å². The molecule has 7 aromatic carbocycles. The summed E-state index contributed by atoms with van der Waals surface area (Å²) in [5.74, 6) is 0. The average molecular weight is 1590 g/mol. The maximum Gasteiger partial charge on any atom is 0.227 e. The van der Waals surface area contributed by atoms with E-state index in [-0.39, 0.29) is 24.7 Å². The van der Waals surface area contributed by atoms with Crippen molar-refractivity contribution in [1.82, 2.24) is 39.6 Å². The van der Waals surface area contributed by atoms with Crippen molar-refractivity contribution < 1.29 is 38.5 Å². The lowest BCUT2D eigenvalue weighted by Gasteiger charge is -2.33. The number of nitrogens with zero attached hydrogens (tertiary/aromatic N) is 15. The van der Waals surface area contributed by atoms with Gasteiger partial charge in [0.2, 0.25) is 28.6 Å². The zero-order chi connectivity index (χ0) is 92.9. The Kier molecular flexibility index (Phi) is 16.3. The van der Waals surface area contributed by atoms with Crippen molar-refractivity contribution in [2.75, 3.05) is 48.3 Å². The van der Waals surface area contributed by atoms with E-state index in [1.54, 1.807) is 54.5 Å². The molecule has 0 saturated heterocycles. The van der Waals surface area contributed by atoms with Crippen LogP contribution in [0.2, 0.25) is 0 Å². The highest BCUT2D eigenvalue weighted by molar-refractivity contribution is 6.14. The topological polar surface area (TPSA) is 163 Å². The Morgan fingerprint density at radius 1 is 0.303 bits per heavy atom. The van der Waals surface area contributed by atoms with E-state index in [0.717, 1.165) is 150 Å². The molecule has 5 aliphatic heterocycles. The van der Waals surface area contributed by atoms with E-state index in [2.05, 4.69) is 115 Å². The molecule has 119 heavy (non-hydrogen) atoms. The number of para-hydroxylation sites is 4. The molecular formula is C99H101N15O5. The summed E-state index contributed by atoms with van der Waals surface area (Å²) in [6.45, 7) is 22.3. The Labute approximate surface area is 710 Å². The second-order valence-electron chi connectivity index (χ2n) is 31.3. The van der Waals surface area contributed by atoms with Gasteiger partial charge in [0.05, 0.1) is 55.3 Å². The van der Waals surface area contributed by atoms with Crippen LogP contribution in [0.1, 0.15) is 120 Å². The number of aromatic nitrogens is 5. The second-order valence-corrected chi connectivity index (χ2v) is 31.3. The first-order chi connectivity index (χ1) is 62.1. The first-order valence-electron chi connectivity index (χ1n) is 46.1. The van der Waals surface area contributed by atoms with Gasteiger partial charge in [-0.05, 0) is 223 Å². The lowest BCUT2D eigenvalue weighted by Crippen LogP contribution is -2.42. The molecule has 6 atom stereocenters. The predicted octanol–water partition coefficient (Wildman–Crippen LogP) is 24.4. The minimum atomic E-state index is -2.44. The SMILES string of the molecule is [2H]C(C)(C)N1C=CN(c2c(C)ccc3c2oc2ncccc23)C1C.[2H]C(C)(C)N1c2ccccc2N(c2c(C)ccc3c2oc2ncccc23)C1C.[2H]C([2H])([2H])C([2H])(C)N1C=CN(c2c(C)ccc3c2oc2ncccc23)C1C.[2H]C([2H])([2H])N1C=CN(c2c(C)ccc3c2oc2ncccc23)C1C.[2H]C([2H])([2H])N1c2ccccc2N(c2c(C)ccc3c2oc2ncccc23)C1C. The van der Waals surface area contributed by atoms with Crippen LogP contribution in [-0.2, 0) is 0 Å². The van der Waals surface area contributed by atoms with Crippen LogP contribution in [0.15, 0.2) is 260 Å². The molecule has 6 unspecified atom stereocenters. The van der Waals surface area contributed by atoms with Gasteiger partial charge < -0.3 is 71.1 Å². The van der Waals surface area contributed by atoms with Crippen molar-refractivity contribution in [1.29, 1.82) is 0 Å². The van der Waals surface area contributed by atoms with Gasteiger partial charge in [0.25, 0.3) is 0 Å². The number of furan rings is 5. The highest BCUT2D eigenvalue weighted by Crippen LogP contribution is 2.52. The summed E-state index contributed by atoms with van der Waals surface area (Å²) in [5, 5.41) is 9.95. The van der Waals surface area contributed by atoms with E-state index in [0.29, 0.717) is 39.8 Å². The molecule has 0 amide bonds. The normalized spacial score (nSPS) is 20.0. The molecule has 17 aromatic rings. The number of hydrogen-bond acceptors (Lipinski definition) is 20. The van der Waals surface area contributed by atoms with Crippen LogP contribution in [0.3, 0.4) is 0 Å². The third-order valence-electron chi connectivity index (χ3n) is 23.5. The number of benzene rings is 7. The molecule has 0 aliphatic carbocycles. The summed E-state index contributed by atoms with van der Waals surface area (Å²) in [5.41, 5.74) is 20.6. The average Bonchev–Trinajstić information content (AvgIpc) is 1.55. The van der Waals surface area contributed by atoms with Crippen molar-refractivity contribution in [2.45, 2.75) is 160 Å². The molecule has 20 nitrogen and oxygen atoms in total. The standard InChI is InChI=1S/C23H23N3O.C21H19N3O.2C19H21N3O.C17H17N3O/c1-14(2)25-16(4)26(20-10-6-5-9-19(20)25)21-15(3)11-12-17-18-8-7-13-24-23(18)27-22(17)21;1-13-10-11-15-16-7-6-12-22-21(16)25-20(15)19(13)24-14(2)23(3)17-8-4-5-9-18(17)24;2*1-12(2)21-10-11-22(14(21)4)17-13(3)7-8-15-16-6-5-9-20-19(16)23-18(15)17;1-11-6-7-13-14-5-4-8-18-17(14)21-16(13)15(11)20-10-9-19(3)12(20)2/h5-14,16H,1-4H3;4-12,14H,1-3H3;2*5-12,14H,1-4H3;4-10,12H,1-3H3/i14D;3D3;1D3,12D;12D;3D3. The summed E-state index contributed by atoms with van der Waals surface area (Å²) < 4.78 is 126. The Morgan fingerprint density at radius 3 is 0.958 bits per heavy atom. The first-order valence-corrected chi connectivity index (χ1v) is 40.1. The molecule has 0 saturated carbocycles. The molecule has 15 heterocycles. The summed E-state index contributed by atoms with van der Waals surface area (Å²) in [4.78, 5) is 40.7. The van der Waals surface area contributed by atoms with Crippen LogP contribution in [0, 0.1) is 34.6 Å². The third kappa shape index (κ3) is 12.9. The number of hydrogen-bond donors (Lipinski definition) is 0. The smallest absolute Gasteiger partial charge is 0.227 e. The van der Waals surface area contributed by atoms with E-state index in [9.17, 15) is 0 Å². The maximum absolute atomic E-state index is 8.71. The summed E-state index contributed by atoms with van der Waals surface area (Å²) >= 11 is 0. The van der Waals surface area contributed by atoms with Crippen LogP contribution < -0.4 is 34.3 Å². The van der Waals surface area contributed by atoms with Gasteiger partial charge in [-0.2, -0.15) is 0 Å². The molecular weight excluding hydrogens is 1480 g/mol. The highest BCUT2D eigenvalue weighted by Gasteiger charge is 2.39. The molecule has 22 rings (SSSR count). The minimum absolute atomic E-state index is 0.0182. The molecule has 602 valence electrons. The minimum Gasteiger partial charge on any atom is -0.435 e. The molecule has 0 radical (unpaired) electrons. The van der Waals surface area contributed by atoms with Gasteiger partial charge in [-0.15, -0.1) is 0 Å².